The number of halogens is 3. The number of fused-ring (bicyclic) bond motifs is 1. The van der Waals surface area contributed by atoms with Gasteiger partial charge < -0.3 is 9.47 Å². The molecule has 1 aliphatic heterocycles. The van der Waals surface area contributed by atoms with Crippen molar-refractivity contribution in [2.24, 2.45) is 5.92 Å². The Labute approximate surface area is 187 Å². The van der Waals surface area contributed by atoms with Crippen molar-refractivity contribution in [1.82, 2.24) is 4.90 Å². The summed E-state index contributed by atoms with van der Waals surface area (Å²) in [5, 5.41) is 0. The van der Waals surface area contributed by atoms with Crippen LogP contribution in [-0.4, -0.2) is 43.7 Å². The number of hydrogen-bond donors (Lipinski definition) is 0. The summed E-state index contributed by atoms with van der Waals surface area (Å²) in [6, 6.07) is 10.1. The van der Waals surface area contributed by atoms with E-state index >= 15 is 4.39 Å². The van der Waals surface area contributed by atoms with Crippen molar-refractivity contribution >= 4 is 18.2 Å². The lowest BCUT2D eigenvalue weighted by atomic mass is 9.82. The third-order valence-electron chi connectivity index (χ3n) is 6.37. The molecule has 0 radical (unpaired) electrons. The Bertz CT molecular complexity index is 944. The van der Waals surface area contributed by atoms with Crippen molar-refractivity contribution < 1.29 is 23.0 Å². The van der Waals surface area contributed by atoms with E-state index in [4.69, 9.17) is 9.47 Å². The minimum atomic E-state index is -1.35. The quantitative estimate of drug-likeness (QED) is 0.618. The molecular weight excluding hydrogens is 424 g/mol. The number of carbonyl (C=O) groups excluding carboxylic acids is 1. The van der Waals surface area contributed by atoms with E-state index in [9.17, 15) is 9.18 Å². The van der Waals surface area contributed by atoms with E-state index in [-0.39, 0.29) is 36.3 Å². The molecule has 0 bridgehead atoms. The molecule has 0 saturated carbocycles. The third-order valence-corrected chi connectivity index (χ3v) is 6.37. The predicted octanol–water partition coefficient (Wildman–Crippen LogP) is 5.01. The van der Waals surface area contributed by atoms with Crippen LogP contribution in [0.4, 0.5) is 8.78 Å². The highest BCUT2D eigenvalue weighted by atomic mass is 35.5. The molecule has 0 amide bonds. The van der Waals surface area contributed by atoms with Gasteiger partial charge in [-0.05, 0) is 61.1 Å². The summed E-state index contributed by atoms with van der Waals surface area (Å²) in [7, 11) is 3.10. The van der Waals surface area contributed by atoms with Crippen molar-refractivity contribution in [3.05, 3.63) is 58.9 Å². The van der Waals surface area contributed by atoms with Crippen LogP contribution in [0.1, 0.15) is 40.7 Å². The minimum absolute atomic E-state index is 0. The summed E-state index contributed by atoms with van der Waals surface area (Å²) in [5.74, 6) is 0.495. The number of carbonyl (C=O) groups is 1. The average molecular weight is 452 g/mol. The summed E-state index contributed by atoms with van der Waals surface area (Å²) < 4.78 is 39.6. The number of nitrogens with zero attached hydrogens (tertiary/aromatic N) is 1. The topological polar surface area (TPSA) is 38.8 Å². The number of ketones is 1. The van der Waals surface area contributed by atoms with Gasteiger partial charge in [0.25, 0.3) is 0 Å². The molecule has 1 aliphatic carbocycles. The van der Waals surface area contributed by atoms with E-state index in [1.807, 2.05) is 12.1 Å². The fraction of sp³-hybridized carbons (Fsp3) is 0.458. The molecular formula is C24H28ClF2NO3. The largest absolute Gasteiger partial charge is 0.493 e. The van der Waals surface area contributed by atoms with Gasteiger partial charge in [0.05, 0.1) is 14.2 Å². The second-order valence-corrected chi connectivity index (χ2v) is 8.39. The number of Topliss-reactive ketones (excluding diaryl/α,β-unsaturated/α-hetero) is 1. The van der Waals surface area contributed by atoms with Gasteiger partial charge in [0.2, 0.25) is 0 Å². The zero-order valence-corrected chi connectivity index (χ0v) is 18.6. The zero-order valence-electron chi connectivity index (χ0n) is 17.8. The summed E-state index contributed by atoms with van der Waals surface area (Å²) in [5.41, 5.74) is 1.06. The van der Waals surface area contributed by atoms with Gasteiger partial charge in [0.15, 0.2) is 17.3 Å². The number of alkyl halides is 1. The lowest BCUT2D eigenvalue weighted by Crippen LogP contribution is -2.42. The van der Waals surface area contributed by atoms with E-state index in [2.05, 4.69) is 4.90 Å². The van der Waals surface area contributed by atoms with E-state index in [0.29, 0.717) is 56.0 Å². The maximum Gasteiger partial charge on any atom is 0.166 e. The number of methoxy groups -OCH3 is 2. The van der Waals surface area contributed by atoms with Crippen LogP contribution in [0.25, 0.3) is 0 Å². The van der Waals surface area contributed by atoms with E-state index in [1.54, 1.807) is 19.2 Å². The molecule has 2 aromatic rings. The van der Waals surface area contributed by atoms with Gasteiger partial charge in [-0.2, -0.15) is 0 Å². The lowest BCUT2D eigenvalue weighted by molar-refractivity contribution is 0.0336. The van der Waals surface area contributed by atoms with Crippen molar-refractivity contribution in [1.29, 1.82) is 0 Å². The Morgan fingerprint density at radius 2 is 1.77 bits per heavy atom. The zero-order chi connectivity index (χ0) is 21.3. The maximum atomic E-state index is 15.6. The van der Waals surface area contributed by atoms with Crippen LogP contribution in [0, 0.1) is 11.7 Å². The molecule has 1 unspecified atom stereocenters. The van der Waals surface area contributed by atoms with Gasteiger partial charge in [-0.25, -0.2) is 8.78 Å². The highest BCUT2D eigenvalue weighted by Crippen LogP contribution is 2.42. The Kier molecular flexibility index (Phi) is 7.22. The number of piperidine rings is 1. The van der Waals surface area contributed by atoms with Crippen LogP contribution in [0.2, 0.25) is 0 Å². The summed E-state index contributed by atoms with van der Waals surface area (Å²) in [6.07, 6.45) is 1.54. The Balaban J connectivity index is 0.00000272. The predicted molar refractivity (Wildman–Crippen MR) is 118 cm³/mol. The van der Waals surface area contributed by atoms with Crippen LogP contribution in [0.5, 0.6) is 11.5 Å². The molecule has 1 fully saturated rings. The van der Waals surface area contributed by atoms with Crippen LogP contribution < -0.4 is 9.47 Å². The fourth-order valence-electron chi connectivity index (χ4n) is 4.71. The third kappa shape index (κ3) is 5.01. The molecule has 4 nitrogen and oxygen atoms in total. The van der Waals surface area contributed by atoms with Crippen molar-refractivity contribution in [3.63, 3.8) is 0 Å². The molecule has 4 rings (SSSR count). The second-order valence-electron chi connectivity index (χ2n) is 8.39. The number of ether oxygens (including phenoxy) is 2. The molecule has 0 N–H and O–H groups in total. The first-order valence-electron chi connectivity index (χ1n) is 10.4. The van der Waals surface area contributed by atoms with E-state index in [1.165, 1.54) is 19.2 Å². The molecule has 168 valence electrons. The smallest absolute Gasteiger partial charge is 0.166 e. The van der Waals surface area contributed by atoms with Gasteiger partial charge in [0, 0.05) is 31.1 Å². The van der Waals surface area contributed by atoms with Crippen molar-refractivity contribution in [2.75, 3.05) is 27.3 Å². The molecule has 1 saturated heterocycles. The van der Waals surface area contributed by atoms with Gasteiger partial charge in [0.1, 0.15) is 11.5 Å². The molecule has 1 atom stereocenters. The molecule has 0 aromatic heterocycles. The Morgan fingerprint density at radius 3 is 2.42 bits per heavy atom. The first-order valence-corrected chi connectivity index (χ1v) is 10.4. The standard InChI is InChI=1S/C24H27F2NO3.ClH/c1-29-21-12-17-11-18(23(28)20(17)13-22(21)30-2)14-24(26)6-8-27(9-7-24)15-16-4-3-5-19(25)10-16;/h3-5,10,12-13,18H,6-9,11,14-15H2,1-2H3;1H. The molecule has 2 aliphatic rings. The highest BCUT2D eigenvalue weighted by Gasteiger charge is 2.41. The summed E-state index contributed by atoms with van der Waals surface area (Å²) >= 11 is 0. The van der Waals surface area contributed by atoms with E-state index in [0.717, 1.165) is 11.1 Å². The fourth-order valence-corrected chi connectivity index (χ4v) is 4.71. The summed E-state index contributed by atoms with van der Waals surface area (Å²) in [6.45, 7) is 1.81. The van der Waals surface area contributed by atoms with Crippen molar-refractivity contribution in [2.45, 2.75) is 37.9 Å². The van der Waals surface area contributed by atoms with E-state index < -0.39 is 5.67 Å². The van der Waals surface area contributed by atoms with Gasteiger partial charge in [-0.1, -0.05) is 12.1 Å². The summed E-state index contributed by atoms with van der Waals surface area (Å²) in [4.78, 5) is 15.1. The highest BCUT2D eigenvalue weighted by molar-refractivity contribution is 6.03. The number of rotatable bonds is 6. The molecule has 2 aromatic carbocycles. The second kappa shape index (κ2) is 9.53. The maximum absolute atomic E-state index is 15.6. The van der Waals surface area contributed by atoms with Crippen LogP contribution in [0.3, 0.4) is 0 Å². The Hall–Kier alpha value is -2.18. The first-order chi connectivity index (χ1) is 14.4. The van der Waals surface area contributed by atoms with Crippen LogP contribution in [0.15, 0.2) is 36.4 Å². The number of hydrogen-bond acceptors (Lipinski definition) is 4. The Morgan fingerprint density at radius 1 is 1.10 bits per heavy atom. The van der Waals surface area contributed by atoms with Gasteiger partial charge >= 0.3 is 0 Å². The van der Waals surface area contributed by atoms with Crippen molar-refractivity contribution in [3.8, 4) is 11.5 Å². The number of likely N-dealkylation sites (tertiary alicyclic amines) is 1. The average Bonchev–Trinajstić information content (AvgIpc) is 3.03. The molecule has 7 heteroatoms. The number of benzene rings is 2. The van der Waals surface area contributed by atoms with Crippen LogP contribution in [-0.2, 0) is 13.0 Å². The SMILES string of the molecule is COc1cc2c(cc1OC)C(=O)C(CC1(F)CCN(Cc3cccc(F)c3)CC1)C2.Cl. The molecule has 31 heavy (non-hydrogen) atoms. The van der Waals surface area contributed by atoms with Gasteiger partial charge in [-0.3, -0.25) is 9.69 Å². The molecule has 0 spiro atoms. The van der Waals surface area contributed by atoms with Gasteiger partial charge in [-0.15, -0.1) is 12.4 Å². The monoisotopic (exact) mass is 451 g/mol. The minimum Gasteiger partial charge on any atom is -0.493 e. The normalized spacial score (nSPS) is 20.1. The first kappa shape index (κ1) is 23.5. The van der Waals surface area contributed by atoms with Crippen LogP contribution >= 0.6 is 12.4 Å². The molecule has 1 heterocycles. The lowest BCUT2D eigenvalue weighted by Gasteiger charge is -2.37.